The van der Waals surface area contributed by atoms with Gasteiger partial charge in [-0.1, -0.05) is 31.2 Å². The van der Waals surface area contributed by atoms with Gasteiger partial charge in [0.25, 0.3) is 0 Å². The summed E-state index contributed by atoms with van der Waals surface area (Å²) in [6.07, 6.45) is 2.50. The highest BCUT2D eigenvalue weighted by molar-refractivity contribution is 5.96. The molecule has 0 saturated heterocycles. The van der Waals surface area contributed by atoms with Crippen molar-refractivity contribution in [2.75, 3.05) is 0 Å². The van der Waals surface area contributed by atoms with Crippen molar-refractivity contribution in [2.45, 2.75) is 13.3 Å². The number of azo groups is 1. The summed E-state index contributed by atoms with van der Waals surface area (Å²) in [4.78, 5) is 16.1. The Labute approximate surface area is 133 Å². The summed E-state index contributed by atoms with van der Waals surface area (Å²) in [5, 5.41) is 18.5. The van der Waals surface area contributed by atoms with Crippen LogP contribution in [-0.4, -0.2) is 20.6 Å². The number of rotatable bonds is 3. The van der Waals surface area contributed by atoms with Gasteiger partial charge >= 0.3 is 5.91 Å². The summed E-state index contributed by atoms with van der Waals surface area (Å²) in [6, 6.07) is 10.9. The maximum atomic E-state index is 12.1. The summed E-state index contributed by atoms with van der Waals surface area (Å²) in [5.74, 6) is -0.572. The number of pyridine rings is 1. The van der Waals surface area contributed by atoms with Crippen LogP contribution in [0.2, 0.25) is 0 Å². The van der Waals surface area contributed by atoms with Crippen LogP contribution in [0.5, 0.6) is 5.88 Å². The first-order valence-corrected chi connectivity index (χ1v) is 7.29. The minimum atomic E-state index is -0.542. The van der Waals surface area contributed by atoms with Gasteiger partial charge in [-0.05, 0) is 24.1 Å². The standard InChI is InChI=1S/C17H16N4O2/c1-3-11-8-9-13(18-10-11)16(22)20-19-15-12-6-4-5-7-14(12)21(2)17(15)23/h4-10,23H,3H2,1-2H3. The third-order valence-corrected chi connectivity index (χ3v) is 3.74. The number of para-hydroxylation sites is 1. The fraction of sp³-hybridized carbons (Fsp3) is 0.176. The number of carbonyl (C=O) groups is 1. The molecular weight excluding hydrogens is 292 g/mol. The lowest BCUT2D eigenvalue weighted by atomic mass is 10.2. The van der Waals surface area contributed by atoms with Gasteiger partial charge in [0, 0.05) is 18.6 Å². The van der Waals surface area contributed by atoms with Gasteiger partial charge in [-0.2, -0.15) is 0 Å². The molecule has 0 aliphatic heterocycles. The van der Waals surface area contributed by atoms with Crippen LogP contribution in [0.3, 0.4) is 0 Å². The highest BCUT2D eigenvalue weighted by atomic mass is 16.3. The number of nitrogens with zero attached hydrogens (tertiary/aromatic N) is 4. The fourth-order valence-electron chi connectivity index (χ4n) is 2.37. The number of hydrogen-bond donors (Lipinski definition) is 1. The Balaban J connectivity index is 1.93. The number of benzene rings is 1. The fourth-order valence-corrected chi connectivity index (χ4v) is 2.37. The van der Waals surface area contributed by atoms with E-state index in [0.29, 0.717) is 0 Å². The van der Waals surface area contributed by atoms with Crippen molar-refractivity contribution in [3.63, 3.8) is 0 Å². The second-order valence-corrected chi connectivity index (χ2v) is 5.16. The van der Waals surface area contributed by atoms with E-state index in [1.54, 1.807) is 23.9 Å². The van der Waals surface area contributed by atoms with Gasteiger partial charge in [-0.25, -0.2) is 0 Å². The van der Waals surface area contributed by atoms with E-state index in [9.17, 15) is 9.90 Å². The van der Waals surface area contributed by atoms with E-state index in [0.717, 1.165) is 22.9 Å². The quantitative estimate of drug-likeness (QED) is 0.748. The van der Waals surface area contributed by atoms with Crippen LogP contribution in [0.25, 0.3) is 10.9 Å². The molecule has 3 rings (SSSR count). The predicted molar refractivity (Wildman–Crippen MR) is 87.0 cm³/mol. The summed E-state index contributed by atoms with van der Waals surface area (Å²) in [6.45, 7) is 2.02. The Morgan fingerprint density at radius 3 is 2.74 bits per heavy atom. The smallest absolute Gasteiger partial charge is 0.313 e. The van der Waals surface area contributed by atoms with Crippen LogP contribution < -0.4 is 0 Å². The zero-order valence-corrected chi connectivity index (χ0v) is 12.9. The largest absolute Gasteiger partial charge is 0.493 e. The summed E-state index contributed by atoms with van der Waals surface area (Å²) in [7, 11) is 1.73. The first-order valence-electron chi connectivity index (χ1n) is 7.29. The first kappa shape index (κ1) is 14.9. The molecule has 1 aromatic carbocycles. The lowest BCUT2D eigenvalue weighted by Crippen LogP contribution is -1.98. The van der Waals surface area contributed by atoms with E-state index >= 15 is 0 Å². The van der Waals surface area contributed by atoms with E-state index in [4.69, 9.17) is 0 Å². The number of carbonyl (C=O) groups excluding carboxylic acids is 1. The zero-order valence-electron chi connectivity index (χ0n) is 12.9. The van der Waals surface area contributed by atoms with E-state index in [1.807, 2.05) is 37.3 Å². The second-order valence-electron chi connectivity index (χ2n) is 5.16. The Kier molecular flexibility index (Phi) is 3.89. The number of aromatic nitrogens is 2. The molecular formula is C17H16N4O2. The van der Waals surface area contributed by atoms with Gasteiger partial charge < -0.3 is 9.67 Å². The van der Waals surface area contributed by atoms with Crippen LogP contribution in [0, 0.1) is 0 Å². The van der Waals surface area contributed by atoms with Crippen LogP contribution in [0.1, 0.15) is 23.0 Å². The van der Waals surface area contributed by atoms with Gasteiger partial charge in [-0.3, -0.25) is 9.78 Å². The van der Waals surface area contributed by atoms with Crippen molar-refractivity contribution in [1.82, 2.24) is 9.55 Å². The van der Waals surface area contributed by atoms with Crippen LogP contribution in [0.15, 0.2) is 52.8 Å². The molecule has 1 amide bonds. The van der Waals surface area contributed by atoms with Gasteiger partial charge in [0.15, 0.2) is 5.69 Å². The third kappa shape index (κ3) is 2.70. The lowest BCUT2D eigenvalue weighted by Gasteiger charge is -1.97. The van der Waals surface area contributed by atoms with Crippen LogP contribution in [-0.2, 0) is 13.5 Å². The van der Waals surface area contributed by atoms with Gasteiger partial charge in [0.05, 0.1) is 5.52 Å². The molecule has 2 aromatic heterocycles. The van der Waals surface area contributed by atoms with E-state index < -0.39 is 5.91 Å². The van der Waals surface area contributed by atoms with Crippen LogP contribution >= 0.6 is 0 Å². The van der Waals surface area contributed by atoms with Gasteiger partial charge in [0.2, 0.25) is 5.88 Å². The highest BCUT2D eigenvalue weighted by Gasteiger charge is 2.14. The molecule has 0 aliphatic carbocycles. The van der Waals surface area contributed by atoms with E-state index in [2.05, 4.69) is 15.2 Å². The molecule has 0 atom stereocenters. The van der Waals surface area contributed by atoms with Crippen molar-refractivity contribution in [3.05, 3.63) is 53.9 Å². The number of hydrogen-bond acceptors (Lipinski definition) is 4. The summed E-state index contributed by atoms with van der Waals surface area (Å²) < 4.78 is 1.60. The Morgan fingerprint density at radius 2 is 2.04 bits per heavy atom. The number of fused-ring (bicyclic) bond motifs is 1. The minimum absolute atomic E-state index is 0.0305. The Morgan fingerprint density at radius 1 is 1.26 bits per heavy atom. The average Bonchev–Trinajstić information content (AvgIpc) is 2.84. The number of aryl methyl sites for hydroxylation is 2. The number of amides is 1. The molecule has 2 heterocycles. The molecule has 0 radical (unpaired) electrons. The molecule has 23 heavy (non-hydrogen) atoms. The van der Waals surface area contributed by atoms with Gasteiger partial charge in [-0.15, -0.1) is 10.2 Å². The molecule has 6 heteroatoms. The molecule has 116 valence electrons. The molecule has 1 N–H and O–H groups in total. The van der Waals surface area contributed by atoms with Crippen molar-refractivity contribution in [2.24, 2.45) is 17.3 Å². The second kappa shape index (κ2) is 6.00. The molecule has 0 fully saturated rings. The van der Waals surface area contributed by atoms with E-state index in [-0.39, 0.29) is 17.3 Å². The summed E-state index contributed by atoms with van der Waals surface area (Å²) >= 11 is 0. The Bertz CT molecular complexity index is 895. The normalized spacial score (nSPS) is 11.4. The molecule has 0 spiro atoms. The highest BCUT2D eigenvalue weighted by Crippen LogP contribution is 2.37. The molecule has 0 aliphatic rings. The zero-order chi connectivity index (χ0) is 16.4. The first-order chi connectivity index (χ1) is 11.1. The maximum Gasteiger partial charge on any atom is 0.313 e. The minimum Gasteiger partial charge on any atom is -0.493 e. The summed E-state index contributed by atoms with van der Waals surface area (Å²) in [5.41, 5.74) is 2.37. The molecule has 0 saturated carbocycles. The van der Waals surface area contributed by atoms with Gasteiger partial charge in [0.1, 0.15) is 5.69 Å². The monoisotopic (exact) mass is 308 g/mol. The predicted octanol–water partition coefficient (Wildman–Crippen LogP) is 3.77. The van der Waals surface area contributed by atoms with Crippen molar-refractivity contribution >= 4 is 22.5 Å². The van der Waals surface area contributed by atoms with Crippen molar-refractivity contribution in [3.8, 4) is 5.88 Å². The lowest BCUT2D eigenvalue weighted by molar-refractivity contribution is 0.0990. The average molecular weight is 308 g/mol. The maximum absolute atomic E-state index is 12.1. The van der Waals surface area contributed by atoms with Crippen LogP contribution in [0.4, 0.5) is 5.69 Å². The topological polar surface area (TPSA) is 79.8 Å². The molecule has 0 bridgehead atoms. The Hall–Kier alpha value is -3.02. The molecule has 3 aromatic rings. The molecule has 0 unspecified atom stereocenters. The third-order valence-electron chi connectivity index (χ3n) is 3.74. The SMILES string of the molecule is CCc1ccc(C(=O)N=Nc2c(O)n(C)c3ccccc23)nc1. The molecule has 6 nitrogen and oxygen atoms in total. The number of aromatic hydroxyl groups is 1. The van der Waals surface area contributed by atoms with Crippen molar-refractivity contribution in [1.29, 1.82) is 0 Å². The van der Waals surface area contributed by atoms with E-state index in [1.165, 1.54) is 0 Å². The van der Waals surface area contributed by atoms with Crippen molar-refractivity contribution < 1.29 is 9.90 Å².